The van der Waals surface area contributed by atoms with Crippen LogP contribution < -0.4 is 18.9 Å². The van der Waals surface area contributed by atoms with Gasteiger partial charge in [0.1, 0.15) is 29.6 Å². The van der Waals surface area contributed by atoms with Gasteiger partial charge in [-0.2, -0.15) is 26.3 Å². The molecule has 0 unspecified atom stereocenters. The van der Waals surface area contributed by atoms with Gasteiger partial charge in [-0.3, -0.25) is 4.98 Å². The van der Waals surface area contributed by atoms with Crippen LogP contribution in [0.2, 0.25) is 0 Å². The number of carbonyl (C=O) groups is 2. The number of thioether (sulfide) groups is 2. The number of aliphatic carboxylic acids is 2. The van der Waals surface area contributed by atoms with Gasteiger partial charge < -0.3 is 29.2 Å². The van der Waals surface area contributed by atoms with E-state index in [2.05, 4.69) is 4.98 Å². The fraction of sp³-hybridized carbons (Fsp3) is 0.260. The molecule has 0 saturated carbocycles. The lowest BCUT2D eigenvalue weighted by molar-refractivity contribution is -0.140. The van der Waals surface area contributed by atoms with Gasteiger partial charge in [-0.15, -0.1) is 23.5 Å². The van der Waals surface area contributed by atoms with Crippen LogP contribution >= 0.6 is 23.5 Å². The van der Waals surface area contributed by atoms with E-state index in [1.54, 1.807) is 23.5 Å². The summed E-state index contributed by atoms with van der Waals surface area (Å²) >= 11 is 3.32. The number of aromatic nitrogens is 1. The first-order chi connectivity index (χ1) is 32.0. The monoisotopic (exact) mass is 963 g/mol. The van der Waals surface area contributed by atoms with Gasteiger partial charge in [-0.25, -0.2) is 9.59 Å². The van der Waals surface area contributed by atoms with Gasteiger partial charge >= 0.3 is 24.3 Å². The molecular weight excluding hydrogens is 921 g/mol. The predicted octanol–water partition coefficient (Wildman–Crippen LogP) is 12.3. The van der Waals surface area contributed by atoms with Crippen LogP contribution in [0.15, 0.2) is 119 Å². The molecule has 5 aromatic carbocycles. The lowest BCUT2D eigenvalue weighted by Gasteiger charge is -2.15. The number of hydrogen-bond acceptors (Lipinski definition) is 9. The average Bonchev–Trinajstić information content (AvgIpc) is 4.01. The number of hydrogen-bond donors (Lipinski definition) is 2. The minimum Gasteiger partial charge on any atom is -0.492 e. The summed E-state index contributed by atoms with van der Waals surface area (Å²) in [6.07, 6.45) is -4.37. The Morgan fingerprint density at radius 2 is 1.25 bits per heavy atom. The van der Waals surface area contributed by atoms with Crippen LogP contribution in [0.4, 0.5) is 26.3 Å². The summed E-state index contributed by atoms with van der Waals surface area (Å²) in [7, 11) is 0. The van der Waals surface area contributed by atoms with Gasteiger partial charge in [-0.05, 0) is 114 Å². The van der Waals surface area contributed by atoms with Crippen LogP contribution in [0.5, 0.6) is 23.0 Å². The third kappa shape index (κ3) is 13.0. The van der Waals surface area contributed by atoms with Gasteiger partial charge in [0.15, 0.2) is 13.2 Å². The third-order valence-corrected chi connectivity index (χ3v) is 13.0. The number of alkyl halides is 6. The maximum Gasteiger partial charge on any atom is 0.417 e. The fourth-order valence-corrected chi connectivity index (χ4v) is 9.58. The summed E-state index contributed by atoms with van der Waals surface area (Å²) in [5.41, 5.74) is 6.67. The molecular formula is C50H43F6NO8S2. The van der Waals surface area contributed by atoms with Crippen molar-refractivity contribution in [3.8, 4) is 34.3 Å². The summed E-state index contributed by atoms with van der Waals surface area (Å²) in [6, 6.07) is 28.3. The second kappa shape index (κ2) is 21.5. The quantitative estimate of drug-likeness (QED) is 0.0711. The van der Waals surface area contributed by atoms with E-state index in [0.29, 0.717) is 47.3 Å². The zero-order valence-corrected chi connectivity index (χ0v) is 37.5. The molecule has 0 amide bonds. The SMILES string of the molecule is Cc1cc(SCc2ccc(-c3ccc(C(F)(F)F)cn3)cc2)c2c(c1OCC(=O)O)CCO2.O=C(O)COc1ccc(SCc2ccc(OCc3ccc(C(F)(F)F)cc3)cc2)c2c1CCC2. The van der Waals surface area contributed by atoms with E-state index in [9.17, 15) is 35.9 Å². The number of fused-ring (bicyclic) bond motifs is 2. The number of carboxylic acids is 2. The summed E-state index contributed by atoms with van der Waals surface area (Å²) in [4.78, 5) is 27.7. The molecule has 2 heterocycles. The smallest absolute Gasteiger partial charge is 0.417 e. The molecule has 2 N–H and O–H groups in total. The van der Waals surface area contributed by atoms with Crippen LogP contribution in [0.25, 0.3) is 11.3 Å². The highest BCUT2D eigenvalue weighted by Gasteiger charge is 2.31. The van der Waals surface area contributed by atoms with Crippen LogP contribution in [0, 0.1) is 6.92 Å². The summed E-state index contributed by atoms with van der Waals surface area (Å²) < 4.78 is 98.6. The number of benzene rings is 5. The molecule has 17 heteroatoms. The Morgan fingerprint density at radius 3 is 1.88 bits per heavy atom. The molecule has 2 aliphatic rings. The van der Waals surface area contributed by atoms with Gasteiger partial charge in [0.2, 0.25) is 0 Å². The van der Waals surface area contributed by atoms with E-state index in [0.717, 1.165) is 93.4 Å². The van der Waals surface area contributed by atoms with Crippen molar-refractivity contribution in [2.24, 2.45) is 0 Å². The Labute approximate surface area is 390 Å². The van der Waals surface area contributed by atoms with E-state index in [1.807, 2.05) is 73.7 Å². The normalized spacial score (nSPS) is 12.9. The van der Waals surface area contributed by atoms with Crippen molar-refractivity contribution in [1.29, 1.82) is 0 Å². The number of carboxylic acid groups (broad SMARTS) is 2. The average molecular weight is 964 g/mol. The lowest BCUT2D eigenvalue weighted by Crippen LogP contribution is -2.11. The molecule has 8 rings (SSSR count). The van der Waals surface area contributed by atoms with Gasteiger partial charge in [0.25, 0.3) is 0 Å². The second-order valence-corrected chi connectivity index (χ2v) is 17.5. The first kappa shape index (κ1) is 48.6. The Morgan fingerprint density at radius 1 is 0.657 bits per heavy atom. The summed E-state index contributed by atoms with van der Waals surface area (Å²) in [5, 5.41) is 17.8. The zero-order chi connectivity index (χ0) is 47.7. The van der Waals surface area contributed by atoms with Gasteiger partial charge in [0, 0.05) is 40.1 Å². The molecule has 0 bridgehead atoms. The number of ether oxygens (including phenoxy) is 4. The molecule has 0 spiro atoms. The van der Waals surface area contributed by atoms with Crippen molar-refractivity contribution >= 4 is 35.5 Å². The highest BCUT2D eigenvalue weighted by Crippen LogP contribution is 2.45. The van der Waals surface area contributed by atoms with Crippen molar-refractivity contribution in [3.63, 3.8) is 0 Å². The standard InChI is InChI=1S/C26H23F3O4S.C24H20F3NO4S/c27-26(28,29)19-8-4-17(5-9-19)14-32-20-10-6-18(7-11-20)16-34-24-13-12-23(33-15-25(30)31)21-2-1-3-22(21)24;1-14-10-20(23-18(8-9-31-23)22(14)32-12-21(29)30)33-13-15-2-4-16(5-3-15)19-7-6-17(11-28-19)24(25,26)27/h4-13H,1-3,14-16H2,(H,30,31);2-7,10-11H,8-9,12-13H2,1H3,(H,29,30). The zero-order valence-electron chi connectivity index (χ0n) is 35.8. The molecule has 6 aromatic rings. The van der Waals surface area contributed by atoms with Gasteiger partial charge in [-0.1, -0.05) is 48.5 Å². The Kier molecular flexibility index (Phi) is 15.6. The summed E-state index contributed by atoms with van der Waals surface area (Å²) in [5.74, 6) is 2.02. The molecule has 9 nitrogen and oxygen atoms in total. The number of rotatable bonds is 16. The first-order valence-electron chi connectivity index (χ1n) is 20.9. The molecule has 0 radical (unpaired) electrons. The van der Waals surface area contributed by atoms with Crippen molar-refractivity contribution < 1.29 is 65.1 Å². The van der Waals surface area contributed by atoms with Crippen LogP contribution in [-0.4, -0.2) is 47.0 Å². The van der Waals surface area contributed by atoms with E-state index in [4.69, 9.17) is 29.2 Å². The van der Waals surface area contributed by atoms with E-state index in [1.165, 1.54) is 28.7 Å². The van der Waals surface area contributed by atoms with Gasteiger partial charge in [0.05, 0.1) is 28.3 Å². The van der Waals surface area contributed by atoms with Crippen LogP contribution in [0.3, 0.4) is 0 Å². The maximum atomic E-state index is 12.7. The summed E-state index contributed by atoms with van der Waals surface area (Å²) in [6.45, 7) is 1.84. The lowest BCUT2D eigenvalue weighted by atomic mass is 10.1. The number of pyridine rings is 1. The van der Waals surface area contributed by atoms with Crippen LogP contribution in [0.1, 0.15) is 56.5 Å². The number of nitrogens with zero attached hydrogens (tertiary/aromatic N) is 1. The largest absolute Gasteiger partial charge is 0.492 e. The number of halogens is 6. The maximum absolute atomic E-state index is 12.7. The molecule has 0 fully saturated rings. The third-order valence-electron chi connectivity index (χ3n) is 10.7. The first-order valence-corrected chi connectivity index (χ1v) is 22.9. The predicted molar refractivity (Wildman–Crippen MR) is 241 cm³/mol. The van der Waals surface area contributed by atoms with Crippen molar-refractivity contribution in [2.45, 2.75) is 72.9 Å². The molecule has 1 aliphatic carbocycles. The van der Waals surface area contributed by atoms with Crippen molar-refractivity contribution in [1.82, 2.24) is 4.98 Å². The van der Waals surface area contributed by atoms with Crippen LogP contribution in [-0.2, 0) is 59.3 Å². The van der Waals surface area contributed by atoms with E-state index >= 15 is 0 Å². The Hall–Kier alpha value is -6.33. The molecule has 1 aliphatic heterocycles. The Balaban J connectivity index is 0.000000199. The molecule has 350 valence electrons. The minimum atomic E-state index is -4.41. The van der Waals surface area contributed by atoms with Crippen molar-refractivity contribution in [2.75, 3.05) is 19.8 Å². The number of aryl methyl sites for hydroxylation is 1. The van der Waals surface area contributed by atoms with E-state index in [-0.39, 0.29) is 13.2 Å². The fourth-order valence-electron chi connectivity index (χ4n) is 7.41. The molecule has 1 aromatic heterocycles. The topological polar surface area (TPSA) is 124 Å². The Bertz CT molecular complexity index is 2680. The molecule has 0 atom stereocenters. The molecule has 67 heavy (non-hydrogen) atoms. The van der Waals surface area contributed by atoms with Crippen molar-refractivity contribution in [3.05, 3.63) is 159 Å². The highest BCUT2D eigenvalue weighted by atomic mass is 32.2. The highest BCUT2D eigenvalue weighted by molar-refractivity contribution is 7.98. The second-order valence-electron chi connectivity index (χ2n) is 15.5. The minimum absolute atomic E-state index is 0.189. The van der Waals surface area contributed by atoms with E-state index < -0.39 is 42.0 Å². The molecule has 0 saturated heterocycles.